The maximum Gasteiger partial charge on any atom is 0.241 e. The second-order valence-electron chi connectivity index (χ2n) is 5.88. The quantitative estimate of drug-likeness (QED) is 0.612. The highest BCUT2D eigenvalue weighted by molar-refractivity contribution is 5.86. The van der Waals surface area contributed by atoms with Crippen molar-refractivity contribution < 1.29 is 4.79 Å². The van der Waals surface area contributed by atoms with E-state index in [0.717, 1.165) is 23.4 Å². The number of nitrogens with one attached hydrogen (secondary N) is 2. The van der Waals surface area contributed by atoms with Crippen LogP contribution in [-0.2, 0) is 18.4 Å². The lowest BCUT2D eigenvalue weighted by Gasteiger charge is -2.14. The van der Waals surface area contributed by atoms with Gasteiger partial charge in [-0.2, -0.15) is 5.10 Å². The van der Waals surface area contributed by atoms with Crippen molar-refractivity contribution in [1.29, 1.82) is 0 Å². The summed E-state index contributed by atoms with van der Waals surface area (Å²) in [6.07, 6.45) is 1.97. The number of amides is 1. The van der Waals surface area contributed by atoms with E-state index in [4.69, 9.17) is 0 Å². The number of hydrogen-bond donors (Lipinski definition) is 2. The van der Waals surface area contributed by atoms with Crippen molar-refractivity contribution in [3.8, 4) is 11.3 Å². The summed E-state index contributed by atoms with van der Waals surface area (Å²) in [6.45, 7) is 3.39. The molecule has 0 fully saturated rings. The first-order valence-corrected chi connectivity index (χ1v) is 8.31. The molecule has 1 aromatic heterocycles. The Balaban J connectivity index is 2.13. The molecular formula is C18H26N6O. The lowest BCUT2D eigenvalue weighted by Crippen LogP contribution is -2.42. The smallest absolute Gasteiger partial charge is 0.241 e. The lowest BCUT2D eigenvalue weighted by atomic mass is 10.1. The van der Waals surface area contributed by atoms with Crippen LogP contribution < -0.4 is 10.6 Å². The van der Waals surface area contributed by atoms with Crippen LogP contribution in [0.25, 0.3) is 11.3 Å². The highest BCUT2D eigenvalue weighted by Crippen LogP contribution is 2.22. The number of rotatable bonds is 6. The van der Waals surface area contributed by atoms with Crippen LogP contribution in [-0.4, -0.2) is 53.7 Å². The number of hydrogen-bond acceptors (Lipinski definition) is 3. The topological polar surface area (TPSA) is 74.5 Å². The van der Waals surface area contributed by atoms with Gasteiger partial charge in [-0.05, 0) is 6.92 Å². The Kier molecular flexibility index (Phi) is 6.56. The predicted octanol–water partition coefficient (Wildman–Crippen LogP) is 1.23. The van der Waals surface area contributed by atoms with E-state index in [2.05, 4.69) is 20.7 Å². The first-order chi connectivity index (χ1) is 12.0. The van der Waals surface area contributed by atoms with Gasteiger partial charge in [-0.3, -0.25) is 9.48 Å². The fourth-order valence-corrected chi connectivity index (χ4v) is 2.32. The molecule has 0 aliphatic rings. The van der Waals surface area contributed by atoms with Crippen LogP contribution in [0.2, 0.25) is 0 Å². The van der Waals surface area contributed by atoms with Gasteiger partial charge < -0.3 is 15.5 Å². The number of likely N-dealkylation sites (N-methyl/N-ethyl adjacent to an activating group) is 1. The van der Waals surface area contributed by atoms with E-state index in [-0.39, 0.29) is 12.5 Å². The number of carbonyl (C=O) groups is 1. The van der Waals surface area contributed by atoms with E-state index in [1.54, 1.807) is 23.7 Å². The van der Waals surface area contributed by atoms with E-state index >= 15 is 0 Å². The highest BCUT2D eigenvalue weighted by atomic mass is 16.2. The highest BCUT2D eigenvalue weighted by Gasteiger charge is 2.10. The molecule has 2 rings (SSSR count). The van der Waals surface area contributed by atoms with Gasteiger partial charge in [0.1, 0.15) is 0 Å². The summed E-state index contributed by atoms with van der Waals surface area (Å²) >= 11 is 0. The molecular weight excluding hydrogens is 316 g/mol. The van der Waals surface area contributed by atoms with Gasteiger partial charge in [0.05, 0.1) is 18.8 Å². The molecule has 1 amide bonds. The number of aromatic nitrogens is 2. The molecule has 1 aromatic carbocycles. The third kappa shape index (κ3) is 5.34. The van der Waals surface area contributed by atoms with Gasteiger partial charge in [0.15, 0.2) is 5.96 Å². The van der Waals surface area contributed by atoms with Gasteiger partial charge in [0, 0.05) is 45.0 Å². The zero-order valence-corrected chi connectivity index (χ0v) is 15.3. The Morgan fingerprint density at radius 1 is 1.24 bits per heavy atom. The predicted molar refractivity (Wildman–Crippen MR) is 100 cm³/mol. The maximum absolute atomic E-state index is 11.7. The Hall–Kier alpha value is -2.83. The van der Waals surface area contributed by atoms with Crippen LogP contribution >= 0.6 is 0 Å². The molecule has 7 heteroatoms. The van der Waals surface area contributed by atoms with Crippen molar-refractivity contribution in [3.05, 3.63) is 42.1 Å². The Morgan fingerprint density at radius 2 is 1.96 bits per heavy atom. The second kappa shape index (κ2) is 8.86. The van der Waals surface area contributed by atoms with Crippen molar-refractivity contribution in [2.45, 2.75) is 13.5 Å². The standard InChI is InChI=1S/C18H26N6O/c1-5-19-18(21-12-16(25)23(2)3)20-11-15-13-24(4)22-17(15)14-9-7-6-8-10-14/h6-10,13H,5,11-12H2,1-4H3,(H2,19,20,21). The summed E-state index contributed by atoms with van der Waals surface area (Å²) in [7, 11) is 5.37. The minimum atomic E-state index is -0.00282. The third-order valence-corrected chi connectivity index (χ3v) is 3.61. The lowest BCUT2D eigenvalue weighted by molar-refractivity contribution is -0.127. The van der Waals surface area contributed by atoms with Gasteiger partial charge >= 0.3 is 0 Å². The summed E-state index contributed by atoms with van der Waals surface area (Å²) in [5.74, 6) is 0.609. The zero-order chi connectivity index (χ0) is 18.2. The maximum atomic E-state index is 11.7. The molecule has 0 radical (unpaired) electrons. The normalized spacial score (nSPS) is 11.3. The molecule has 0 saturated carbocycles. The molecule has 0 spiro atoms. The number of carbonyl (C=O) groups excluding carboxylic acids is 1. The third-order valence-electron chi connectivity index (χ3n) is 3.61. The van der Waals surface area contributed by atoms with Crippen LogP contribution in [0.1, 0.15) is 12.5 Å². The minimum absolute atomic E-state index is 0.00282. The molecule has 1 heterocycles. The van der Waals surface area contributed by atoms with Crippen molar-refractivity contribution in [2.75, 3.05) is 27.2 Å². The molecule has 2 aromatic rings. The van der Waals surface area contributed by atoms with E-state index in [1.807, 2.05) is 50.5 Å². The number of nitrogens with zero attached hydrogens (tertiary/aromatic N) is 4. The van der Waals surface area contributed by atoms with E-state index in [1.165, 1.54) is 0 Å². The molecule has 0 aliphatic carbocycles. The summed E-state index contributed by atoms with van der Waals surface area (Å²) in [4.78, 5) is 17.9. The first kappa shape index (κ1) is 18.5. The van der Waals surface area contributed by atoms with Crippen molar-refractivity contribution >= 4 is 11.9 Å². The van der Waals surface area contributed by atoms with Gasteiger partial charge in [-0.25, -0.2) is 4.99 Å². The molecule has 0 saturated heterocycles. The summed E-state index contributed by atoms with van der Waals surface area (Å²) in [6, 6.07) is 10.0. The zero-order valence-electron chi connectivity index (χ0n) is 15.3. The van der Waals surface area contributed by atoms with Gasteiger partial charge in [-0.1, -0.05) is 30.3 Å². The van der Waals surface area contributed by atoms with E-state index in [9.17, 15) is 4.79 Å². The SMILES string of the molecule is CCNC(=NCc1cn(C)nc1-c1ccccc1)NCC(=O)N(C)C. The average molecular weight is 342 g/mol. The van der Waals surface area contributed by atoms with Crippen molar-refractivity contribution in [2.24, 2.45) is 12.0 Å². The second-order valence-corrected chi connectivity index (χ2v) is 5.88. The van der Waals surface area contributed by atoms with Crippen LogP contribution in [0.4, 0.5) is 0 Å². The minimum Gasteiger partial charge on any atom is -0.357 e. The van der Waals surface area contributed by atoms with Crippen LogP contribution in [0, 0.1) is 0 Å². The van der Waals surface area contributed by atoms with Crippen molar-refractivity contribution in [3.63, 3.8) is 0 Å². The Labute approximate surface area is 148 Å². The van der Waals surface area contributed by atoms with Crippen molar-refractivity contribution in [1.82, 2.24) is 25.3 Å². The number of aryl methyl sites for hydroxylation is 1. The molecule has 0 aliphatic heterocycles. The molecule has 2 N–H and O–H groups in total. The van der Waals surface area contributed by atoms with Crippen LogP contribution in [0.15, 0.2) is 41.5 Å². The molecule has 25 heavy (non-hydrogen) atoms. The summed E-state index contributed by atoms with van der Waals surface area (Å²) in [5.41, 5.74) is 3.02. The number of guanidine groups is 1. The molecule has 0 unspecified atom stereocenters. The fourth-order valence-electron chi connectivity index (χ4n) is 2.32. The van der Waals surface area contributed by atoms with Gasteiger partial charge in [-0.15, -0.1) is 0 Å². The van der Waals surface area contributed by atoms with Crippen LogP contribution in [0.3, 0.4) is 0 Å². The Bertz CT molecular complexity index is 720. The fraction of sp³-hybridized carbons (Fsp3) is 0.389. The molecule has 134 valence electrons. The summed E-state index contributed by atoms with van der Waals surface area (Å²) < 4.78 is 1.79. The van der Waals surface area contributed by atoms with Crippen LogP contribution in [0.5, 0.6) is 0 Å². The van der Waals surface area contributed by atoms with Gasteiger partial charge in [0.25, 0.3) is 0 Å². The molecule has 0 bridgehead atoms. The Morgan fingerprint density at radius 3 is 2.60 bits per heavy atom. The molecule has 7 nitrogen and oxygen atoms in total. The largest absolute Gasteiger partial charge is 0.357 e. The van der Waals surface area contributed by atoms with Gasteiger partial charge in [0.2, 0.25) is 5.91 Å². The summed E-state index contributed by atoms with van der Waals surface area (Å²) in [5, 5.41) is 10.8. The van der Waals surface area contributed by atoms with E-state index in [0.29, 0.717) is 12.5 Å². The molecule has 0 atom stereocenters. The average Bonchev–Trinajstić information content (AvgIpc) is 2.98. The number of aliphatic imine (C=N–C) groups is 1. The van der Waals surface area contributed by atoms with E-state index < -0.39 is 0 Å². The number of benzene rings is 1. The monoisotopic (exact) mass is 342 g/mol. The first-order valence-electron chi connectivity index (χ1n) is 8.31.